The van der Waals surface area contributed by atoms with E-state index in [9.17, 15) is 0 Å². The van der Waals surface area contributed by atoms with Gasteiger partial charge in [-0.25, -0.2) is 4.99 Å². The normalized spacial score (nSPS) is 14.4. The van der Waals surface area contributed by atoms with Gasteiger partial charge in [-0.1, -0.05) is 42.5 Å². The number of benzene rings is 3. The summed E-state index contributed by atoms with van der Waals surface area (Å²) in [6.45, 7) is 6.21. The highest BCUT2D eigenvalue weighted by Gasteiger charge is 2.16. The Hall–Kier alpha value is -2.15. The summed E-state index contributed by atoms with van der Waals surface area (Å²) < 4.78 is 6.06. The number of hydrogen-bond donors (Lipinski definition) is 1. The number of nitrogens with zero attached hydrogens (tertiary/aromatic N) is 3. The lowest BCUT2D eigenvalue weighted by Crippen LogP contribution is -2.46. The van der Waals surface area contributed by atoms with Gasteiger partial charge in [0, 0.05) is 56.6 Å². The quantitative estimate of drug-likeness (QED) is 0.301. The summed E-state index contributed by atoms with van der Waals surface area (Å²) in [4.78, 5) is 9.79. The smallest absolute Gasteiger partial charge is 0.121 e. The number of aryl methyl sites for hydroxylation is 1. The minimum Gasteiger partial charge on any atom is -0.493 e. The van der Waals surface area contributed by atoms with E-state index in [0.29, 0.717) is 0 Å². The van der Waals surface area contributed by atoms with Gasteiger partial charge in [-0.15, -0.1) is 49.6 Å². The van der Waals surface area contributed by atoms with E-state index in [2.05, 4.69) is 75.8 Å². The number of ether oxygens (including phenoxy) is 1. The van der Waals surface area contributed by atoms with Crippen molar-refractivity contribution >= 4 is 72.5 Å². The maximum Gasteiger partial charge on any atom is 0.121 e. The zero-order valence-corrected chi connectivity index (χ0v) is 24.0. The summed E-state index contributed by atoms with van der Waals surface area (Å²) in [5.41, 5.74) is 4.75. The molecule has 2 aliphatic heterocycles. The van der Waals surface area contributed by atoms with Crippen molar-refractivity contribution in [3.63, 3.8) is 0 Å². The number of fused-ring (bicyclic) bond motifs is 1. The fraction of sp³-hybridized carbons (Fsp3) is 0.321. The molecular weight excluding hydrogens is 550 g/mol. The lowest BCUT2D eigenvalue weighted by molar-refractivity contribution is 0.225. The molecule has 2 aliphatic rings. The predicted octanol–water partition coefficient (Wildman–Crippen LogP) is 7.05. The molecule has 0 spiro atoms. The maximum absolute atomic E-state index is 6.06. The van der Waals surface area contributed by atoms with Gasteiger partial charge in [-0.05, 0) is 48.7 Å². The van der Waals surface area contributed by atoms with Gasteiger partial charge >= 0.3 is 0 Å². The number of hydrogen-bond acceptors (Lipinski definition) is 5. The number of piperazine rings is 1. The molecule has 0 saturated carbocycles. The molecule has 0 unspecified atom stereocenters. The van der Waals surface area contributed by atoms with Crippen LogP contribution in [0.4, 0.5) is 17.1 Å². The maximum atomic E-state index is 6.06. The zero-order chi connectivity index (χ0) is 22.3. The first kappa shape index (κ1) is 32.9. The Morgan fingerprint density at radius 2 is 1.49 bits per heavy atom. The first-order chi connectivity index (χ1) is 16.3. The van der Waals surface area contributed by atoms with Crippen LogP contribution in [-0.2, 0) is 6.42 Å². The monoisotopic (exact) mass is 584 g/mol. The van der Waals surface area contributed by atoms with Crippen LogP contribution in [0.25, 0.3) is 0 Å². The lowest BCUT2D eigenvalue weighted by atomic mass is 10.0. The van der Waals surface area contributed by atoms with Gasteiger partial charge in [0.2, 0.25) is 0 Å². The van der Waals surface area contributed by atoms with Gasteiger partial charge in [0.05, 0.1) is 12.3 Å². The molecule has 0 amide bonds. The fourth-order valence-corrected chi connectivity index (χ4v) is 4.55. The molecule has 37 heavy (non-hydrogen) atoms. The van der Waals surface area contributed by atoms with Gasteiger partial charge in [0.15, 0.2) is 0 Å². The van der Waals surface area contributed by atoms with Crippen LogP contribution in [0.5, 0.6) is 5.75 Å². The molecule has 0 aliphatic carbocycles. The number of anilines is 2. The summed E-state index contributed by atoms with van der Waals surface area (Å²) in [5.74, 6) is 1.92. The summed E-state index contributed by atoms with van der Waals surface area (Å²) in [6, 6.07) is 27.3. The van der Waals surface area contributed by atoms with Gasteiger partial charge in [0.1, 0.15) is 11.6 Å². The van der Waals surface area contributed by atoms with Crippen LogP contribution in [0.15, 0.2) is 83.9 Å². The minimum atomic E-state index is 0. The average molecular weight is 586 g/mol. The molecule has 0 bridgehead atoms. The van der Waals surface area contributed by atoms with E-state index in [1.807, 2.05) is 18.2 Å². The summed E-state index contributed by atoms with van der Waals surface area (Å²) >= 11 is 0. The number of nitrogens with one attached hydrogen (secondary N) is 1. The van der Waals surface area contributed by atoms with E-state index in [4.69, 9.17) is 9.73 Å². The first-order valence-electron chi connectivity index (χ1n) is 12.0. The molecule has 1 saturated heterocycles. The summed E-state index contributed by atoms with van der Waals surface area (Å²) in [5, 5.41) is 3.48. The molecule has 2 heterocycles. The van der Waals surface area contributed by atoms with Crippen molar-refractivity contribution < 1.29 is 4.74 Å². The van der Waals surface area contributed by atoms with Crippen molar-refractivity contribution in [1.82, 2.24) is 4.90 Å². The second-order valence-electron chi connectivity index (χ2n) is 8.71. The molecule has 0 atom stereocenters. The van der Waals surface area contributed by atoms with E-state index in [-0.39, 0.29) is 49.6 Å². The molecule has 5 nitrogen and oxygen atoms in total. The molecule has 5 rings (SSSR count). The third-order valence-corrected chi connectivity index (χ3v) is 6.38. The molecule has 0 radical (unpaired) electrons. The Morgan fingerprint density at radius 1 is 0.757 bits per heavy atom. The van der Waals surface area contributed by atoms with Crippen LogP contribution in [0.3, 0.4) is 0 Å². The van der Waals surface area contributed by atoms with Gasteiger partial charge in [-0.3, -0.25) is 4.90 Å². The average Bonchev–Trinajstić information content (AvgIpc) is 2.88. The van der Waals surface area contributed by atoms with Crippen LogP contribution in [0.2, 0.25) is 0 Å². The molecule has 1 fully saturated rings. The Kier molecular flexibility index (Phi) is 14.8. The van der Waals surface area contributed by atoms with Crippen LogP contribution in [-0.4, -0.2) is 50.1 Å². The van der Waals surface area contributed by atoms with Crippen molar-refractivity contribution in [1.29, 1.82) is 0 Å². The summed E-state index contributed by atoms with van der Waals surface area (Å²) in [6.07, 6.45) is 2.99. The van der Waals surface area contributed by atoms with Crippen LogP contribution in [0, 0.1) is 0 Å². The molecule has 202 valence electrons. The molecule has 3 aromatic carbocycles. The lowest BCUT2D eigenvalue weighted by Gasteiger charge is -2.36. The Bertz CT molecular complexity index is 1090. The predicted molar refractivity (Wildman–Crippen MR) is 166 cm³/mol. The Morgan fingerprint density at radius 3 is 2.27 bits per heavy atom. The second-order valence-corrected chi connectivity index (χ2v) is 8.71. The molecule has 3 aromatic rings. The van der Waals surface area contributed by atoms with E-state index >= 15 is 0 Å². The topological polar surface area (TPSA) is 40.1 Å². The molecular formula is C28H36Cl4N4O. The second kappa shape index (κ2) is 16.6. The van der Waals surface area contributed by atoms with Crippen LogP contribution in [0.1, 0.15) is 18.4 Å². The standard InChI is InChI=1S/C28H32N4O.4ClH/c1-2-10-25(11-3-1)32-19-17-31(18-20-32)16-7-21-33-26-12-6-9-24(22-26)29-28-15-14-23-8-4-5-13-27(23)30-28;;;;/h1-6,8-13,22H,7,14-21H2,(H,29,30);4*1H. The third-order valence-electron chi connectivity index (χ3n) is 6.38. The summed E-state index contributed by atoms with van der Waals surface area (Å²) in [7, 11) is 0. The number of rotatable bonds is 7. The van der Waals surface area contributed by atoms with Crippen LogP contribution >= 0.6 is 49.6 Å². The molecule has 9 heteroatoms. The minimum absolute atomic E-state index is 0. The third kappa shape index (κ3) is 9.27. The highest BCUT2D eigenvalue weighted by atomic mass is 35.5. The largest absolute Gasteiger partial charge is 0.493 e. The van der Waals surface area contributed by atoms with E-state index in [0.717, 1.165) is 81.6 Å². The number of aliphatic imine (C=N–C) groups is 1. The van der Waals surface area contributed by atoms with Crippen molar-refractivity contribution in [2.75, 3.05) is 49.5 Å². The zero-order valence-electron chi connectivity index (χ0n) is 20.8. The van der Waals surface area contributed by atoms with E-state index in [1.54, 1.807) is 0 Å². The van der Waals surface area contributed by atoms with Crippen LogP contribution < -0.4 is 15.0 Å². The first-order valence-corrected chi connectivity index (χ1v) is 12.0. The van der Waals surface area contributed by atoms with Crippen molar-refractivity contribution in [2.24, 2.45) is 4.99 Å². The molecule has 0 aromatic heterocycles. The van der Waals surface area contributed by atoms with E-state index < -0.39 is 0 Å². The Labute approximate surface area is 245 Å². The van der Waals surface area contributed by atoms with Gasteiger partial charge in [-0.2, -0.15) is 0 Å². The fourth-order valence-electron chi connectivity index (χ4n) is 4.55. The molecule has 1 N–H and O–H groups in total. The van der Waals surface area contributed by atoms with Crippen molar-refractivity contribution in [3.05, 3.63) is 84.4 Å². The SMILES string of the molecule is Cl.Cl.Cl.Cl.c1ccc(N2CCN(CCCOc3cccc(NC4=Nc5ccccc5CC4)c3)CC2)cc1. The van der Waals surface area contributed by atoms with Crippen molar-refractivity contribution in [2.45, 2.75) is 19.3 Å². The highest BCUT2D eigenvalue weighted by molar-refractivity contribution is 5.98. The van der Waals surface area contributed by atoms with E-state index in [1.165, 1.54) is 11.3 Å². The number of amidine groups is 1. The number of halogens is 4. The van der Waals surface area contributed by atoms with Gasteiger partial charge < -0.3 is 15.0 Å². The highest BCUT2D eigenvalue weighted by Crippen LogP contribution is 2.26. The Balaban J connectivity index is 0.00000171. The van der Waals surface area contributed by atoms with Crippen molar-refractivity contribution in [3.8, 4) is 5.75 Å². The van der Waals surface area contributed by atoms with Gasteiger partial charge in [0.25, 0.3) is 0 Å². The number of para-hydroxylation sites is 2.